The Morgan fingerprint density at radius 1 is 1.11 bits per heavy atom. The molecular weight excluding hydrogens is 246 g/mol. The molecule has 1 aliphatic rings. The van der Waals surface area contributed by atoms with E-state index >= 15 is 0 Å². The fourth-order valence-corrected chi connectivity index (χ4v) is 2.20. The average molecular weight is 271 g/mol. The summed E-state index contributed by atoms with van der Waals surface area (Å²) in [7, 11) is 0. The number of esters is 2. The predicted molar refractivity (Wildman–Crippen MR) is 71.3 cm³/mol. The van der Waals surface area contributed by atoms with Crippen molar-refractivity contribution in [1.82, 2.24) is 0 Å². The molecule has 1 rings (SSSR count). The first kappa shape index (κ1) is 16.0. The van der Waals surface area contributed by atoms with Crippen molar-refractivity contribution in [3.05, 3.63) is 0 Å². The smallest absolute Gasteiger partial charge is 0.309 e. The zero-order chi connectivity index (χ0) is 14.3. The molecule has 0 bridgehead atoms. The van der Waals surface area contributed by atoms with Crippen molar-refractivity contribution >= 4 is 11.9 Å². The molecule has 0 aliphatic heterocycles. The van der Waals surface area contributed by atoms with Gasteiger partial charge in [0.05, 0.1) is 11.8 Å². The Morgan fingerprint density at radius 2 is 1.68 bits per heavy atom. The van der Waals surface area contributed by atoms with E-state index in [0.717, 1.165) is 25.7 Å². The van der Waals surface area contributed by atoms with Gasteiger partial charge in [0.15, 0.2) is 0 Å². The molecule has 0 aromatic heterocycles. The maximum absolute atomic E-state index is 11.8. The first-order valence-electron chi connectivity index (χ1n) is 7.08. The van der Waals surface area contributed by atoms with Gasteiger partial charge in [-0.2, -0.15) is 0 Å². The SMILES string of the molecule is CC(C)C(=O)OCCOC(=O)C1CCC(CN)CC1. The van der Waals surface area contributed by atoms with E-state index in [9.17, 15) is 9.59 Å². The number of hydrogen-bond acceptors (Lipinski definition) is 5. The van der Waals surface area contributed by atoms with Gasteiger partial charge < -0.3 is 15.2 Å². The number of ether oxygens (including phenoxy) is 2. The van der Waals surface area contributed by atoms with Crippen LogP contribution in [0.15, 0.2) is 0 Å². The Kier molecular flexibility index (Phi) is 6.84. The molecule has 0 unspecified atom stereocenters. The largest absolute Gasteiger partial charge is 0.462 e. The maximum Gasteiger partial charge on any atom is 0.309 e. The van der Waals surface area contributed by atoms with Crippen LogP contribution in [0.2, 0.25) is 0 Å². The molecule has 1 fully saturated rings. The van der Waals surface area contributed by atoms with Crippen LogP contribution in [0, 0.1) is 17.8 Å². The summed E-state index contributed by atoms with van der Waals surface area (Å²) in [5.41, 5.74) is 5.61. The van der Waals surface area contributed by atoms with Crippen molar-refractivity contribution in [2.45, 2.75) is 39.5 Å². The minimum absolute atomic E-state index is 0.0106. The van der Waals surface area contributed by atoms with Crippen LogP contribution in [0.5, 0.6) is 0 Å². The highest BCUT2D eigenvalue weighted by atomic mass is 16.6. The highest BCUT2D eigenvalue weighted by molar-refractivity contribution is 5.73. The van der Waals surface area contributed by atoms with Crippen molar-refractivity contribution in [2.24, 2.45) is 23.5 Å². The van der Waals surface area contributed by atoms with Crippen LogP contribution >= 0.6 is 0 Å². The van der Waals surface area contributed by atoms with Crippen molar-refractivity contribution in [2.75, 3.05) is 19.8 Å². The second-order valence-corrected chi connectivity index (χ2v) is 5.44. The molecule has 1 saturated carbocycles. The molecule has 1 aliphatic carbocycles. The fraction of sp³-hybridized carbons (Fsp3) is 0.857. The Bertz CT molecular complexity index is 296. The van der Waals surface area contributed by atoms with Crippen molar-refractivity contribution < 1.29 is 19.1 Å². The highest BCUT2D eigenvalue weighted by Crippen LogP contribution is 2.28. The summed E-state index contributed by atoms with van der Waals surface area (Å²) < 4.78 is 10.1. The van der Waals surface area contributed by atoms with Crippen LogP contribution in [0.1, 0.15) is 39.5 Å². The molecule has 0 amide bonds. The van der Waals surface area contributed by atoms with Gasteiger partial charge in [-0.1, -0.05) is 13.8 Å². The summed E-state index contributed by atoms with van der Waals surface area (Å²) in [6.45, 7) is 4.52. The molecule has 0 aromatic rings. The van der Waals surface area contributed by atoms with E-state index in [1.807, 2.05) is 0 Å². The third-order valence-corrected chi connectivity index (χ3v) is 3.56. The van der Waals surface area contributed by atoms with E-state index in [4.69, 9.17) is 15.2 Å². The standard InChI is InChI=1S/C14H25NO4/c1-10(2)13(16)18-7-8-19-14(17)12-5-3-11(9-15)4-6-12/h10-12H,3-9,15H2,1-2H3. The van der Waals surface area contributed by atoms with Crippen LogP contribution in [0.3, 0.4) is 0 Å². The van der Waals surface area contributed by atoms with Gasteiger partial charge in [-0.3, -0.25) is 9.59 Å². The molecular formula is C14H25NO4. The molecule has 5 heteroatoms. The third-order valence-electron chi connectivity index (χ3n) is 3.56. The Morgan fingerprint density at radius 3 is 2.21 bits per heavy atom. The van der Waals surface area contributed by atoms with Gasteiger partial charge in [-0.15, -0.1) is 0 Å². The second-order valence-electron chi connectivity index (χ2n) is 5.44. The lowest BCUT2D eigenvalue weighted by atomic mass is 9.82. The summed E-state index contributed by atoms with van der Waals surface area (Å²) >= 11 is 0. The van der Waals surface area contributed by atoms with E-state index in [0.29, 0.717) is 12.5 Å². The Balaban J connectivity index is 2.13. The second kappa shape index (κ2) is 8.15. The summed E-state index contributed by atoms with van der Waals surface area (Å²) in [4.78, 5) is 23.0. The molecule has 0 radical (unpaired) electrons. The molecule has 0 saturated heterocycles. The highest BCUT2D eigenvalue weighted by Gasteiger charge is 2.26. The van der Waals surface area contributed by atoms with Gasteiger partial charge in [-0.25, -0.2) is 0 Å². The van der Waals surface area contributed by atoms with E-state index in [2.05, 4.69) is 0 Å². The number of carbonyl (C=O) groups excluding carboxylic acids is 2. The minimum atomic E-state index is -0.264. The van der Waals surface area contributed by atoms with Gasteiger partial charge in [0.1, 0.15) is 13.2 Å². The van der Waals surface area contributed by atoms with Gasteiger partial charge in [0.25, 0.3) is 0 Å². The minimum Gasteiger partial charge on any atom is -0.462 e. The Labute approximate surface area is 114 Å². The first-order chi connectivity index (χ1) is 9.04. The van der Waals surface area contributed by atoms with Crippen LogP contribution < -0.4 is 5.73 Å². The Hall–Kier alpha value is -1.10. The lowest BCUT2D eigenvalue weighted by Crippen LogP contribution is -2.27. The van der Waals surface area contributed by atoms with Gasteiger partial charge in [-0.05, 0) is 38.1 Å². The molecule has 0 aromatic carbocycles. The zero-order valence-corrected chi connectivity index (χ0v) is 11.9. The van der Waals surface area contributed by atoms with Crippen molar-refractivity contribution in [3.63, 3.8) is 0 Å². The van der Waals surface area contributed by atoms with E-state index in [1.54, 1.807) is 13.8 Å². The van der Waals surface area contributed by atoms with Crippen molar-refractivity contribution in [3.8, 4) is 0 Å². The fourth-order valence-electron chi connectivity index (χ4n) is 2.20. The first-order valence-corrected chi connectivity index (χ1v) is 7.08. The molecule has 2 N–H and O–H groups in total. The van der Waals surface area contributed by atoms with E-state index in [1.165, 1.54) is 0 Å². The summed E-state index contributed by atoms with van der Waals surface area (Å²) in [6.07, 6.45) is 3.70. The van der Waals surface area contributed by atoms with E-state index < -0.39 is 0 Å². The normalized spacial score (nSPS) is 23.2. The van der Waals surface area contributed by atoms with E-state index in [-0.39, 0.29) is 37.0 Å². The van der Waals surface area contributed by atoms with Gasteiger partial charge in [0.2, 0.25) is 0 Å². The van der Waals surface area contributed by atoms with Crippen LogP contribution in [0.4, 0.5) is 0 Å². The third kappa shape index (κ3) is 5.59. The lowest BCUT2D eigenvalue weighted by molar-refractivity contribution is -0.157. The zero-order valence-electron chi connectivity index (χ0n) is 11.9. The molecule has 19 heavy (non-hydrogen) atoms. The molecule has 0 spiro atoms. The topological polar surface area (TPSA) is 78.6 Å². The van der Waals surface area contributed by atoms with Gasteiger partial charge >= 0.3 is 11.9 Å². The summed E-state index contributed by atoms with van der Waals surface area (Å²) in [6, 6.07) is 0. The summed E-state index contributed by atoms with van der Waals surface area (Å²) in [5, 5.41) is 0. The van der Waals surface area contributed by atoms with Crippen LogP contribution in [-0.2, 0) is 19.1 Å². The predicted octanol–water partition coefficient (Wildman–Crippen LogP) is 1.49. The molecule has 0 atom stereocenters. The van der Waals surface area contributed by atoms with Crippen LogP contribution in [0.25, 0.3) is 0 Å². The number of nitrogens with two attached hydrogens (primary N) is 1. The van der Waals surface area contributed by atoms with Gasteiger partial charge in [0, 0.05) is 0 Å². The van der Waals surface area contributed by atoms with Crippen molar-refractivity contribution in [1.29, 1.82) is 0 Å². The maximum atomic E-state index is 11.8. The molecule has 0 heterocycles. The monoisotopic (exact) mass is 271 g/mol. The average Bonchev–Trinajstić information content (AvgIpc) is 2.43. The molecule has 110 valence electrons. The number of carbonyl (C=O) groups is 2. The van der Waals surface area contributed by atoms with Crippen LogP contribution in [-0.4, -0.2) is 31.7 Å². The quantitative estimate of drug-likeness (QED) is 0.585. The lowest BCUT2D eigenvalue weighted by Gasteiger charge is -2.26. The molecule has 5 nitrogen and oxygen atoms in total. The number of hydrogen-bond donors (Lipinski definition) is 1. The number of rotatable bonds is 6. The summed E-state index contributed by atoms with van der Waals surface area (Å²) in [5.74, 6) is -0.0440.